The van der Waals surface area contributed by atoms with Crippen LogP contribution in [0.2, 0.25) is 0 Å². The molecule has 3 aliphatic rings. The lowest BCUT2D eigenvalue weighted by atomic mass is 9.51. The highest BCUT2D eigenvalue weighted by Gasteiger charge is 2.59. The van der Waals surface area contributed by atoms with Crippen LogP contribution in [0.5, 0.6) is 0 Å². The Labute approximate surface area is 172 Å². The summed E-state index contributed by atoms with van der Waals surface area (Å²) in [5.41, 5.74) is 0.270. The minimum atomic E-state index is -0.0621. The molecule has 2 aliphatic carbocycles. The zero-order valence-corrected chi connectivity index (χ0v) is 18.1. The van der Waals surface area contributed by atoms with Crippen LogP contribution in [-0.2, 0) is 14.3 Å². The number of piperidine rings is 1. The van der Waals surface area contributed by atoms with Gasteiger partial charge in [-0.15, -0.1) is 24.0 Å². The predicted molar refractivity (Wildman–Crippen MR) is 111 cm³/mol. The van der Waals surface area contributed by atoms with Crippen LogP contribution in [0.15, 0.2) is 4.99 Å². The van der Waals surface area contributed by atoms with E-state index in [1.807, 2.05) is 0 Å². The molecule has 2 atom stereocenters. The third-order valence-corrected chi connectivity index (χ3v) is 5.98. The Bertz CT molecular complexity index is 535. The van der Waals surface area contributed by atoms with Crippen molar-refractivity contribution in [3.05, 3.63) is 0 Å². The van der Waals surface area contributed by atoms with Gasteiger partial charge in [0.15, 0.2) is 5.96 Å². The van der Waals surface area contributed by atoms with Gasteiger partial charge in [-0.05, 0) is 32.6 Å². The molecule has 0 radical (unpaired) electrons. The summed E-state index contributed by atoms with van der Waals surface area (Å²) in [6, 6.07) is 0.391. The summed E-state index contributed by atoms with van der Waals surface area (Å²) >= 11 is 0. The average molecular weight is 478 g/mol. The van der Waals surface area contributed by atoms with E-state index in [1.54, 1.807) is 7.05 Å². The van der Waals surface area contributed by atoms with E-state index in [9.17, 15) is 9.59 Å². The summed E-state index contributed by atoms with van der Waals surface area (Å²) < 4.78 is 5.88. The monoisotopic (exact) mass is 478 g/mol. The third-order valence-electron chi connectivity index (χ3n) is 5.98. The fraction of sp³-hybridized carbons (Fsp3) is 0.833. The molecule has 3 rings (SSSR count). The standard InChI is InChI=1S/C18H30N4O3.HI/c1-3-25-14-12-13(18(14)8-5-9-18)21-17(19-2)20-10-11-22-15(23)6-4-7-16(22)24;/h13-14H,3-12H2,1-2H3,(H2,19,20,21);1H. The van der Waals surface area contributed by atoms with Gasteiger partial charge in [-0.2, -0.15) is 0 Å². The van der Waals surface area contributed by atoms with Crippen LogP contribution in [0.4, 0.5) is 0 Å². The molecule has 148 valence electrons. The highest BCUT2D eigenvalue weighted by molar-refractivity contribution is 14.0. The number of ether oxygens (including phenoxy) is 1. The normalized spacial score (nSPS) is 27.5. The molecule has 2 unspecified atom stereocenters. The van der Waals surface area contributed by atoms with Gasteiger partial charge < -0.3 is 15.4 Å². The van der Waals surface area contributed by atoms with Crippen molar-refractivity contribution in [2.75, 3.05) is 26.7 Å². The summed E-state index contributed by atoms with van der Waals surface area (Å²) in [6.07, 6.45) is 6.70. The molecule has 0 bridgehead atoms. The largest absolute Gasteiger partial charge is 0.378 e. The molecule has 1 saturated heterocycles. The van der Waals surface area contributed by atoms with Crippen LogP contribution in [0.25, 0.3) is 0 Å². The number of amides is 2. The fourth-order valence-corrected chi connectivity index (χ4v) is 4.34. The number of aliphatic imine (C=N–C) groups is 1. The quantitative estimate of drug-likeness (QED) is 0.263. The molecular formula is C18H31IN4O3. The summed E-state index contributed by atoms with van der Waals surface area (Å²) in [7, 11) is 1.75. The number of imide groups is 1. The Morgan fingerprint density at radius 1 is 1.27 bits per heavy atom. The van der Waals surface area contributed by atoms with Crippen LogP contribution in [0, 0.1) is 5.41 Å². The number of halogens is 1. The summed E-state index contributed by atoms with van der Waals surface area (Å²) in [4.78, 5) is 29.3. The Balaban J connectivity index is 0.00000243. The van der Waals surface area contributed by atoms with Crippen LogP contribution in [0.3, 0.4) is 0 Å². The van der Waals surface area contributed by atoms with Crippen LogP contribution >= 0.6 is 24.0 Å². The first-order chi connectivity index (χ1) is 12.1. The van der Waals surface area contributed by atoms with Gasteiger partial charge >= 0.3 is 0 Å². The third kappa shape index (κ3) is 4.16. The van der Waals surface area contributed by atoms with Gasteiger partial charge in [-0.3, -0.25) is 19.5 Å². The number of nitrogens with one attached hydrogen (secondary N) is 2. The minimum absolute atomic E-state index is 0. The Hall–Kier alpha value is -0.900. The molecule has 8 heteroatoms. The Morgan fingerprint density at radius 2 is 1.96 bits per heavy atom. The molecule has 2 saturated carbocycles. The molecule has 3 fully saturated rings. The molecule has 1 heterocycles. The van der Waals surface area contributed by atoms with Gasteiger partial charge in [-0.25, -0.2) is 0 Å². The van der Waals surface area contributed by atoms with Crippen molar-refractivity contribution in [3.8, 4) is 0 Å². The second kappa shape index (κ2) is 9.34. The predicted octanol–water partition coefficient (Wildman–Crippen LogP) is 1.66. The summed E-state index contributed by atoms with van der Waals surface area (Å²) in [5, 5.41) is 6.76. The molecule has 0 aromatic rings. The zero-order chi connectivity index (χ0) is 17.9. The van der Waals surface area contributed by atoms with Crippen molar-refractivity contribution in [1.82, 2.24) is 15.5 Å². The van der Waals surface area contributed by atoms with Crippen molar-refractivity contribution in [3.63, 3.8) is 0 Å². The van der Waals surface area contributed by atoms with E-state index in [1.165, 1.54) is 24.2 Å². The van der Waals surface area contributed by atoms with Gasteiger partial charge in [-0.1, -0.05) is 6.42 Å². The lowest BCUT2D eigenvalue weighted by Crippen LogP contribution is -2.68. The molecule has 1 aliphatic heterocycles. The molecule has 0 aromatic carbocycles. The Morgan fingerprint density at radius 3 is 2.50 bits per heavy atom. The van der Waals surface area contributed by atoms with Crippen molar-refractivity contribution < 1.29 is 14.3 Å². The molecule has 26 heavy (non-hydrogen) atoms. The highest BCUT2D eigenvalue weighted by Crippen LogP contribution is 2.57. The Kier molecular flexibility index (Phi) is 7.69. The number of carbonyl (C=O) groups excluding carboxylic acids is 2. The first-order valence-electron chi connectivity index (χ1n) is 9.52. The van der Waals surface area contributed by atoms with Gasteiger partial charge in [0.05, 0.1) is 6.10 Å². The molecule has 0 aromatic heterocycles. The van der Waals surface area contributed by atoms with E-state index in [-0.39, 0.29) is 41.2 Å². The first kappa shape index (κ1) is 21.4. The maximum absolute atomic E-state index is 11.8. The smallest absolute Gasteiger partial charge is 0.229 e. The second-order valence-electron chi connectivity index (χ2n) is 7.25. The number of likely N-dealkylation sites (tertiary alicyclic amines) is 1. The van der Waals surface area contributed by atoms with Crippen molar-refractivity contribution in [2.45, 2.75) is 64.0 Å². The number of rotatable bonds is 6. The number of hydrogen-bond acceptors (Lipinski definition) is 4. The van der Waals surface area contributed by atoms with Gasteiger partial charge in [0.2, 0.25) is 11.8 Å². The maximum Gasteiger partial charge on any atom is 0.229 e. The van der Waals surface area contributed by atoms with E-state index in [0.29, 0.717) is 44.5 Å². The topological polar surface area (TPSA) is 83.0 Å². The van der Waals surface area contributed by atoms with E-state index in [0.717, 1.165) is 19.0 Å². The van der Waals surface area contributed by atoms with Crippen LogP contribution < -0.4 is 10.6 Å². The molecule has 2 N–H and O–H groups in total. The SMILES string of the molecule is CCOC1CC(NC(=NC)NCCN2C(=O)CCCC2=O)C12CCC2.I. The maximum atomic E-state index is 11.8. The van der Waals surface area contributed by atoms with E-state index in [4.69, 9.17) is 4.74 Å². The fourth-order valence-electron chi connectivity index (χ4n) is 4.34. The number of guanidine groups is 1. The molecule has 1 spiro atoms. The zero-order valence-electron chi connectivity index (χ0n) is 15.8. The van der Waals surface area contributed by atoms with Gasteiger partial charge in [0.25, 0.3) is 0 Å². The minimum Gasteiger partial charge on any atom is -0.378 e. The lowest BCUT2D eigenvalue weighted by Gasteiger charge is -2.61. The van der Waals surface area contributed by atoms with Gasteiger partial charge in [0, 0.05) is 51.0 Å². The molecule has 7 nitrogen and oxygen atoms in total. The van der Waals surface area contributed by atoms with Crippen LogP contribution in [0.1, 0.15) is 51.9 Å². The summed E-state index contributed by atoms with van der Waals surface area (Å²) in [6.45, 7) is 3.74. The number of hydrogen-bond donors (Lipinski definition) is 2. The van der Waals surface area contributed by atoms with Crippen molar-refractivity contribution in [1.29, 1.82) is 0 Å². The van der Waals surface area contributed by atoms with Gasteiger partial charge in [0.1, 0.15) is 0 Å². The average Bonchev–Trinajstić information content (AvgIpc) is 2.53. The second-order valence-corrected chi connectivity index (χ2v) is 7.25. The van der Waals surface area contributed by atoms with E-state index in [2.05, 4.69) is 22.5 Å². The van der Waals surface area contributed by atoms with Crippen molar-refractivity contribution >= 4 is 41.8 Å². The van der Waals surface area contributed by atoms with Crippen LogP contribution in [-0.4, -0.2) is 61.6 Å². The molecule has 2 amide bonds. The van der Waals surface area contributed by atoms with Crippen molar-refractivity contribution in [2.24, 2.45) is 10.4 Å². The first-order valence-corrected chi connectivity index (χ1v) is 9.52. The highest BCUT2D eigenvalue weighted by atomic mass is 127. The van der Waals surface area contributed by atoms with E-state index >= 15 is 0 Å². The lowest BCUT2D eigenvalue weighted by molar-refractivity contribution is -0.168. The summed E-state index contributed by atoms with van der Waals surface area (Å²) in [5.74, 6) is 0.615. The molecular weight excluding hydrogens is 447 g/mol. The number of carbonyl (C=O) groups is 2. The van der Waals surface area contributed by atoms with E-state index < -0.39 is 0 Å². The number of nitrogens with zero attached hydrogens (tertiary/aromatic N) is 2.